The summed E-state index contributed by atoms with van der Waals surface area (Å²) in [6, 6.07) is 5.99. The maximum Gasteiger partial charge on any atom is 0.443 e. The molecule has 1 aromatic rings. The molecule has 0 aliphatic rings. The molecular formula is C17H21F3O3S. The van der Waals surface area contributed by atoms with Crippen LogP contribution in [0.25, 0.3) is 0 Å². The number of benzene rings is 1. The Morgan fingerprint density at radius 1 is 1.29 bits per heavy atom. The molecule has 0 saturated heterocycles. The molecule has 24 heavy (non-hydrogen) atoms. The summed E-state index contributed by atoms with van der Waals surface area (Å²) in [5.41, 5.74) is -5.41. The Balaban J connectivity index is 3.50. The van der Waals surface area contributed by atoms with Gasteiger partial charge in [-0.3, -0.25) is 4.79 Å². The fourth-order valence-electron chi connectivity index (χ4n) is 2.10. The number of carbonyl (C=O) groups excluding carboxylic acids is 1. The van der Waals surface area contributed by atoms with Crippen molar-refractivity contribution in [2.75, 3.05) is 7.11 Å². The molecule has 0 radical (unpaired) electrons. The summed E-state index contributed by atoms with van der Waals surface area (Å²) in [5, 5.41) is 0. The average molecular weight is 362 g/mol. The van der Waals surface area contributed by atoms with Crippen LogP contribution in [0.1, 0.15) is 32.8 Å². The Morgan fingerprint density at radius 3 is 2.38 bits per heavy atom. The minimum atomic E-state index is -4.64. The fraction of sp³-hybridized carbons (Fsp3) is 0.471. The van der Waals surface area contributed by atoms with Crippen molar-refractivity contribution in [2.45, 2.75) is 43.0 Å². The summed E-state index contributed by atoms with van der Waals surface area (Å²) in [5.74, 6) is -0.613. The van der Waals surface area contributed by atoms with Gasteiger partial charge in [-0.2, -0.15) is 13.2 Å². The van der Waals surface area contributed by atoms with Crippen LogP contribution in [0.15, 0.2) is 36.9 Å². The van der Waals surface area contributed by atoms with Crippen molar-refractivity contribution in [3.63, 3.8) is 0 Å². The van der Waals surface area contributed by atoms with Gasteiger partial charge in [0.15, 0.2) is 4.75 Å². The van der Waals surface area contributed by atoms with Gasteiger partial charge in [-0.25, -0.2) is 0 Å². The van der Waals surface area contributed by atoms with Crippen LogP contribution in [-0.2, 0) is 14.3 Å². The van der Waals surface area contributed by atoms with E-state index in [0.717, 1.165) is 0 Å². The smallest absolute Gasteiger partial charge is 0.443 e. The number of esters is 1. The molecule has 3 nitrogen and oxygen atoms in total. The highest BCUT2D eigenvalue weighted by Gasteiger charge is 2.51. The van der Waals surface area contributed by atoms with Crippen molar-refractivity contribution >= 4 is 17.7 Å². The number of hydrogen-bond donors (Lipinski definition) is 0. The van der Waals surface area contributed by atoms with E-state index in [1.807, 2.05) is 0 Å². The molecule has 1 aromatic carbocycles. The highest BCUT2D eigenvalue weighted by atomic mass is 32.2. The number of alkyl halides is 3. The molecule has 1 rings (SSSR count). The number of hydrogen-bond acceptors (Lipinski definition) is 4. The quantitative estimate of drug-likeness (QED) is 0.523. The van der Waals surface area contributed by atoms with Gasteiger partial charge >= 0.3 is 11.5 Å². The Morgan fingerprint density at radius 2 is 1.92 bits per heavy atom. The molecule has 7 heteroatoms. The highest BCUT2D eigenvalue weighted by molar-refractivity contribution is 8.01. The van der Waals surface area contributed by atoms with E-state index in [9.17, 15) is 18.0 Å². The number of carbonyl (C=O) groups is 1. The topological polar surface area (TPSA) is 35.5 Å². The zero-order valence-corrected chi connectivity index (χ0v) is 14.9. The molecule has 0 aliphatic carbocycles. The second-order valence-electron chi connectivity index (χ2n) is 6.10. The molecule has 0 fully saturated rings. The molecule has 1 unspecified atom stereocenters. The third-order valence-corrected chi connectivity index (χ3v) is 4.14. The normalized spacial score (nSPS) is 14.6. The third-order valence-electron chi connectivity index (χ3n) is 2.99. The lowest BCUT2D eigenvalue weighted by Gasteiger charge is -2.34. The van der Waals surface area contributed by atoms with Gasteiger partial charge in [-0.1, -0.05) is 18.2 Å². The van der Waals surface area contributed by atoms with E-state index in [1.165, 1.54) is 31.4 Å². The van der Waals surface area contributed by atoms with Crippen molar-refractivity contribution in [3.05, 3.63) is 42.5 Å². The van der Waals surface area contributed by atoms with Crippen molar-refractivity contribution in [1.29, 1.82) is 0 Å². The first-order valence-electron chi connectivity index (χ1n) is 7.19. The van der Waals surface area contributed by atoms with E-state index < -0.39 is 33.6 Å². The van der Waals surface area contributed by atoms with Crippen LogP contribution < -0.4 is 4.74 Å². The Bertz CT molecular complexity index is 593. The predicted molar refractivity (Wildman–Crippen MR) is 89.0 cm³/mol. The van der Waals surface area contributed by atoms with Gasteiger partial charge in [-0.15, -0.1) is 6.58 Å². The maximum atomic E-state index is 13.2. The van der Waals surface area contributed by atoms with E-state index in [1.54, 1.807) is 26.8 Å². The predicted octanol–water partition coefficient (Wildman–Crippen LogP) is 5.06. The number of halogens is 3. The van der Waals surface area contributed by atoms with Gasteiger partial charge in [0.2, 0.25) is 0 Å². The second kappa shape index (κ2) is 7.51. The van der Waals surface area contributed by atoms with E-state index in [-0.39, 0.29) is 12.0 Å². The van der Waals surface area contributed by atoms with E-state index in [2.05, 4.69) is 6.58 Å². The van der Waals surface area contributed by atoms with Gasteiger partial charge in [0.25, 0.3) is 0 Å². The first-order chi connectivity index (χ1) is 10.9. The summed E-state index contributed by atoms with van der Waals surface area (Å²) in [7, 11) is 1.40. The van der Waals surface area contributed by atoms with Gasteiger partial charge in [0.1, 0.15) is 11.4 Å². The van der Waals surface area contributed by atoms with Crippen molar-refractivity contribution in [3.8, 4) is 5.75 Å². The monoisotopic (exact) mass is 362 g/mol. The molecule has 0 aromatic heterocycles. The van der Waals surface area contributed by atoms with E-state index in [0.29, 0.717) is 5.75 Å². The van der Waals surface area contributed by atoms with E-state index >= 15 is 0 Å². The second-order valence-corrected chi connectivity index (χ2v) is 7.47. The number of rotatable bonds is 6. The van der Waals surface area contributed by atoms with Crippen molar-refractivity contribution in [2.24, 2.45) is 0 Å². The number of ether oxygens (including phenoxy) is 2. The average Bonchev–Trinajstić information content (AvgIpc) is 2.43. The molecule has 0 saturated carbocycles. The number of allylic oxidation sites excluding steroid dienone is 1. The summed E-state index contributed by atoms with van der Waals surface area (Å²) in [6.45, 7) is 8.32. The van der Waals surface area contributed by atoms with Crippen LogP contribution in [0.2, 0.25) is 0 Å². The SMILES string of the molecule is C=CCC(SC(F)(F)F)(C(=O)OC(C)(C)C)c1cccc(OC)c1. The minimum Gasteiger partial charge on any atom is -0.497 e. The lowest BCUT2D eigenvalue weighted by atomic mass is 9.94. The zero-order valence-electron chi connectivity index (χ0n) is 14.1. The lowest BCUT2D eigenvalue weighted by molar-refractivity contribution is -0.158. The molecule has 1 atom stereocenters. The molecule has 134 valence electrons. The summed E-state index contributed by atoms with van der Waals surface area (Å²) in [4.78, 5) is 12.7. The lowest BCUT2D eigenvalue weighted by Crippen LogP contribution is -2.40. The van der Waals surface area contributed by atoms with Crippen molar-refractivity contribution < 1.29 is 27.4 Å². The fourth-order valence-corrected chi connectivity index (χ4v) is 3.06. The van der Waals surface area contributed by atoms with Crippen molar-refractivity contribution in [1.82, 2.24) is 0 Å². The van der Waals surface area contributed by atoms with Gasteiger partial charge in [0, 0.05) is 0 Å². The summed E-state index contributed by atoms with van der Waals surface area (Å²) >= 11 is -0.406. The first-order valence-corrected chi connectivity index (χ1v) is 8.01. The first kappa shape index (κ1) is 20.4. The third kappa shape index (κ3) is 5.47. The molecule has 0 aliphatic heterocycles. The molecular weight excluding hydrogens is 341 g/mol. The van der Waals surface area contributed by atoms with Crippen LogP contribution in [0.5, 0.6) is 5.75 Å². The zero-order chi connectivity index (χ0) is 18.6. The molecule has 0 heterocycles. The Hall–Kier alpha value is -1.63. The van der Waals surface area contributed by atoms with Crippen LogP contribution >= 0.6 is 11.8 Å². The van der Waals surface area contributed by atoms with Gasteiger partial charge in [0.05, 0.1) is 7.11 Å². The van der Waals surface area contributed by atoms with E-state index in [4.69, 9.17) is 9.47 Å². The largest absolute Gasteiger partial charge is 0.497 e. The Labute approximate surface area is 144 Å². The van der Waals surface area contributed by atoms with Crippen LogP contribution in [0.4, 0.5) is 13.2 Å². The van der Waals surface area contributed by atoms with Crippen LogP contribution in [0, 0.1) is 0 Å². The number of methoxy groups -OCH3 is 1. The summed E-state index contributed by atoms with van der Waals surface area (Å²) in [6.07, 6.45) is 1.04. The molecule has 0 N–H and O–H groups in total. The van der Waals surface area contributed by atoms with Gasteiger partial charge in [-0.05, 0) is 56.7 Å². The van der Waals surface area contributed by atoms with Gasteiger partial charge < -0.3 is 9.47 Å². The standard InChI is InChI=1S/C17H21F3O3S/c1-6-10-16(24-17(18,19)20,14(21)23-15(2,3)4)12-8-7-9-13(11-12)22-5/h6-9,11H,1,10H2,2-5H3. The van der Waals surface area contributed by atoms with Crippen LogP contribution in [-0.4, -0.2) is 24.2 Å². The Kier molecular flexibility index (Phi) is 6.38. The maximum absolute atomic E-state index is 13.2. The summed E-state index contributed by atoms with van der Waals surface area (Å²) < 4.78 is 48.0. The molecule has 0 bridgehead atoms. The highest BCUT2D eigenvalue weighted by Crippen LogP contribution is 2.51. The molecule has 0 spiro atoms. The number of thioether (sulfide) groups is 1. The molecule has 0 amide bonds. The minimum absolute atomic E-state index is 0.151. The van der Waals surface area contributed by atoms with Crippen LogP contribution in [0.3, 0.4) is 0 Å².